The molecule has 2 aliphatic carbocycles. The van der Waals surface area contributed by atoms with Gasteiger partial charge in [-0.15, -0.1) is 0 Å². The van der Waals surface area contributed by atoms with Crippen molar-refractivity contribution in [3.63, 3.8) is 0 Å². The van der Waals surface area contributed by atoms with Gasteiger partial charge in [-0.3, -0.25) is 4.79 Å². The number of ether oxygens (including phenoxy) is 2. The number of pyridine rings is 2. The Morgan fingerprint density at radius 3 is 2.79 bits per heavy atom. The van der Waals surface area contributed by atoms with E-state index in [1.54, 1.807) is 13.1 Å². The molecule has 3 aliphatic rings. The molecule has 0 saturated heterocycles. The minimum Gasteiger partial charge on any atom is -0.490 e. The zero-order chi connectivity index (χ0) is 20.2. The van der Waals surface area contributed by atoms with Crippen LogP contribution in [0.15, 0.2) is 23.1 Å². The van der Waals surface area contributed by atoms with E-state index >= 15 is 0 Å². The number of nitrogens with zero attached hydrogens (tertiary/aromatic N) is 2. The van der Waals surface area contributed by atoms with Gasteiger partial charge in [0.1, 0.15) is 5.56 Å². The Morgan fingerprint density at radius 2 is 2.14 bits per heavy atom. The van der Waals surface area contributed by atoms with Crippen molar-refractivity contribution in [2.75, 3.05) is 13.2 Å². The molecule has 29 heavy (non-hydrogen) atoms. The zero-order valence-corrected chi connectivity index (χ0v) is 17.1. The van der Waals surface area contributed by atoms with Crippen molar-refractivity contribution >= 4 is 17.6 Å². The first kappa shape index (κ1) is 18.7. The number of carbonyl (C=O) groups is 1. The molecule has 1 spiro atoms. The standard InChI is InChI=1S/C22H23ClN2O4/c1-2-28-21(27)15-11-25-16(9-17(15)26)19-14(10-22(25)6-3-7-22)8-18(20(23)24-19)29-12-13-4-5-13/h8-9,11,13H,2-7,10,12H2,1H3. The summed E-state index contributed by atoms with van der Waals surface area (Å²) < 4.78 is 13.0. The molecule has 5 rings (SSSR count). The molecule has 2 aromatic rings. The third-order valence-corrected chi connectivity index (χ3v) is 6.57. The molecule has 0 unspecified atom stereocenters. The van der Waals surface area contributed by atoms with E-state index in [0.29, 0.717) is 34.8 Å². The van der Waals surface area contributed by atoms with Gasteiger partial charge in [-0.2, -0.15) is 0 Å². The highest BCUT2D eigenvalue weighted by molar-refractivity contribution is 6.31. The lowest BCUT2D eigenvalue weighted by Gasteiger charge is -2.48. The minimum absolute atomic E-state index is 0.0702. The first-order valence-electron chi connectivity index (χ1n) is 10.3. The van der Waals surface area contributed by atoms with Gasteiger partial charge in [-0.25, -0.2) is 9.78 Å². The summed E-state index contributed by atoms with van der Waals surface area (Å²) in [5.41, 5.74) is 2.02. The maximum atomic E-state index is 12.7. The molecule has 0 radical (unpaired) electrons. The van der Waals surface area contributed by atoms with Crippen molar-refractivity contribution in [3.8, 4) is 17.1 Å². The van der Waals surface area contributed by atoms with Crippen LogP contribution < -0.4 is 10.2 Å². The SMILES string of the molecule is CCOC(=O)c1cn2c(cc1=O)-c1nc(Cl)c(OCC3CC3)cc1CC21CCC1. The lowest BCUT2D eigenvalue weighted by Crippen LogP contribution is -2.46. The van der Waals surface area contributed by atoms with E-state index in [-0.39, 0.29) is 23.1 Å². The second-order valence-corrected chi connectivity index (χ2v) is 8.68. The van der Waals surface area contributed by atoms with Crippen LogP contribution in [-0.2, 0) is 16.7 Å². The van der Waals surface area contributed by atoms with Gasteiger partial charge in [-0.05, 0) is 63.0 Å². The van der Waals surface area contributed by atoms with Crippen LogP contribution in [0.3, 0.4) is 0 Å². The fraction of sp³-hybridized carbons (Fsp3) is 0.500. The molecule has 0 aromatic carbocycles. The van der Waals surface area contributed by atoms with Crippen LogP contribution in [0.5, 0.6) is 5.75 Å². The summed E-state index contributed by atoms with van der Waals surface area (Å²) in [6.45, 7) is 2.63. The molecule has 2 saturated carbocycles. The Balaban J connectivity index is 1.61. The van der Waals surface area contributed by atoms with Crippen molar-refractivity contribution < 1.29 is 14.3 Å². The van der Waals surface area contributed by atoms with Crippen LogP contribution >= 0.6 is 11.6 Å². The van der Waals surface area contributed by atoms with Gasteiger partial charge in [0.2, 0.25) is 0 Å². The Morgan fingerprint density at radius 1 is 1.34 bits per heavy atom. The van der Waals surface area contributed by atoms with Gasteiger partial charge < -0.3 is 14.0 Å². The summed E-state index contributed by atoms with van der Waals surface area (Å²) in [5, 5.41) is 0.308. The summed E-state index contributed by atoms with van der Waals surface area (Å²) in [5.74, 6) is 0.661. The van der Waals surface area contributed by atoms with Crippen molar-refractivity contribution in [1.29, 1.82) is 0 Å². The molecular weight excluding hydrogens is 392 g/mol. The first-order valence-corrected chi connectivity index (χ1v) is 10.7. The fourth-order valence-corrected chi connectivity index (χ4v) is 4.57. The van der Waals surface area contributed by atoms with E-state index < -0.39 is 5.97 Å². The number of esters is 1. The average Bonchev–Trinajstić information content (AvgIpc) is 3.49. The third kappa shape index (κ3) is 3.14. The molecule has 0 N–H and O–H groups in total. The van der Waals surface area contributed by atoms with E-state index in [4.69, 9.17) is 21.1 Å². The summed E-state index contributed by atoms with van der Waals surface area (Å²) in [4.78, 5) is 29.5. The van der Waals surface area contributed by atoms with Crippen molar-refractivity contribution in [2.45, 2.75) is 51.0 Å². The lowest BCUT2D eigenvalue weighted by molar-refractivity contribution is 0.0521. The van der Waals surface area contributed by atoms with Crippen LogP contribution in [0.1, 0.15) is 54.9 Å². The zero-order valence-electron chi connectivity index (χ0n) is 16.4. The Hall–Kier alpha value is -2.34. The predicted molar refractivity (Wildman–Crippen MR) is 109 cm³/mol. The number of hydrogen-bond acceptors (Lipinski definition) is 5. The highest BCUT2D eigenvalue weighted by Crippen LogP contribution is 2.49. The molecule has 2 aromatic heterocycles. The molecule has 0 bridgehead atoms. The van der Waals surface area contributed by atoms with Gasteiger partial charge in [0, 0.05) is 17.8 Å². The maximum absolute atomic E-state index is 12.7. The molecule has 1 aliphatic heterocycles. The second-order valence-electron chi connectivity index (χ2n) is 8.32. The first-order chi connectivity index (χ1) is 14.0. The largest absolute Gasteiger partial charge is 0.490 e. The van der Waals surface area contributed by atoms with Crippen LogP contribution in [0.4, 0.5) is 0 Å². The monoisotopic (exact) mass is 414 g/mol. The summed E-state index contributed by atoms with van der Waals surface area (Å²) in [6.07, 6.45) is 7.95. The van der Waals surface area contributed by atoms with Crippen molar-refractivity contribution in [3.05, 3.63) is 44.8 Å². The van der Waals surface area contributed by atoms with E-state index in [2.05, 4.69) is 9.55 Å². The van der Waals surface area contributed by atoms with Gasteiger partial charge in [0.05, 0.1) is 24.6 Å². The Kier molecular flexibility index (Phi) is 4.42. The number of fused-ring (bicyclic) bond motifs is 4. The molecule has 2 fully saturated rings. The van der Waals surface area contributed by atoms with E-state index in [1.165, 1.54) is 18.9 Å². The Bertz CT molecular complexity index is 1050. The van der Waals surface area contributed by atoms with Crippen LogP contribution in [-0.4, -0.2) is 28.7 Å². The highest BCUT2D eigenvalue weighted by atomic mass is 35.5. The van der Waals surface area contributed by atoms with E-state index in [1.807, 2.05) is 6.07 Å². The minimum atomic E-state index is -0.581. The molecule has 152 valence electrons. The number of halogens is 1. The molecule has 7 heteroatoms. The summed E-state index contributed by atoms with van der Waals surface area (Å²) >= 11 is 6.42. The highest BCUT2D eigenvalue weighted by Gasteiger charge is 2.44. The summed E-state index contributed by atoms with van der Waals surface area (Å²) in [6, 6.07) is 3.48. The number of aromatic nitrogens is 2. The van der Waals surface area contributed by atoms with Gasteiger partial charge in [0.25, 0.3) is 0 Å². The Labute approximate surface area is 173 Å². The number of rotatable bonds is 5. The van der Waals surface area contributed by atoms with Gasteiger partial charge in [-0.1, -0.05) is 11.6 Å². The topological polar surface area (TPSA) is 70.4 Å². The van der Waals surface area contributed by atoms with E-state index in [0.717, 1.165) is 31.2 Å². The third-order valence-electron chi connectivity index (χ3n) is 6.30. The smallest absolute Gasteiger partial charge is 0.343 e. The second kappa shape index (κ2) is 6.87. The quantitative estimate of drug-likeness (QED) is 0.547. The van der Waals surface area contributed by atoms with Gasteiger partial charge in [0.15, 0.2) is 16.3 Å². The predicted octanol–water partition coefficient (Wildman–Crippen LogP) is 3.96. The van der Waals surface area contributed by atoms with Crippen molar-refractivity contribution in [2.24, 2.45) is 5.92 Å². The van der Waals surface area contributed by atoms with Crippen LogP contribution in [0.2, 0.25) is 5.15 Å². The molecule has 3 heterocycles. The average molecular weight is 415 g/mol. The number of carbonyl (C=O) groups excluding carboxylic acids is 1. The normalized spacial score (nSPS) is 18.6. The summed E-state index contributed by atoms with van der Waals surface area (Å²) in [7, 11) is 0. The van der Waals surface area contributed by atoms with Crippen LogP contribution in [0, 0.1) is 5.92 Å². The molecular formula is C22H23ClN2O4. The molecule has 6 nitrogen and oxygen atoms in total. The fourth-order valence-electron chi connectivity index (χ4n) is 4.37. The van der Waals surface area contributed by atoms with E-state index in [9.17, 15) is 9.59 Å². The van der Waals surface area contributed by atoms with Crippen LogP contribution in [0.25, 0.3) is 11.4 Å². The van der Waals surface area contributed by atoms with Gasteiger partial charge >= 0.3 is 5.97 Å². The molecule has 0 amide bonds. The van der Waals surface area contributed by atoms with Crippen molar-refractivity contribution in [1.82, 2.24) is 9.55 Å². The molecule has 0 atom stereocenters. The number of hydrogen-bond donors (Lipinski definition) is 0. The maximum Gasteiger partial charge on any atom is 0.343 e. The lowest BCUT2D eigenvalue weighted by atomic mass is 9.70.